The topological polar surface area (TPSA) is 51.8 Å². The Morgan fingerprint density at radius 3 is 1.34 bits per heavy atom. The summed E-state index contributed by atoms with van der Waals surface area (Å²) in [6.07, 6.45) is 0. The van der Waals surface area contributed by atoms with Crippen LogP contribution in [0.5, 0.6) is 0 Å². The average Bonchev–Trinajstić information content (AvgIpc) is 3.63. The molecule has 0 radical (unpaired) electrons. The molecule has 2 heterocycles. The second-order valence-electron chi connectivity index (χ2n) is 13.2. The van der Waals surface area contributed by atoms with Crippen LogP contribution in [0.1, 0.15) is 0 Å². The number of fused-ring (bicyclic) bond motifs is 5. The van der Waals surface area contributed by atoms with E-state index in [0.29, 0.717) is 17.5 Å². The number of benzene rings is 8. The summed E-state index contributed by atoms with van der Waals surface area (Å²) in [6, 6.07) is 65.1. The van der Waals surface area contributed by atoms with Gasteiger partial charge in [0.25, 0.3) is 0 Å². The van der Waals surface area contributed by atoms with E-state index in [1.165, 1.54) is 0 Å². The van der Waals surface area contributed by atoms with E-state index < -0.39 is 0 Å². The Hall–Kier alpha value is -7.17. The predicted molar refractivity (Wildman–Crippen MR) is 217 cm³/mol. The van der Waals surface area contributed by atoms with Crippen LogP contribution in [0.3, 0.4) is 0 Å². The molecule has 53 heavy (non-hydrogen) atoms. The van der Waals surface area contributed by atoms with E-state index in [4.69, 9.17) is 19.4 Å². The number of rotatable bonds is 6. The van der Waals surface area contributed by atoms with Crippen LogP contribution in [0.15, 0.2) is 192 Å². The molecule has 0 fully saturated rings. The fraction of sp³-hybridized carbons (Fsp3) is 0. The SMILES string of the molecule is c1ccc(-c2cccc(-c3nc(-c4cccc(-c5ccccc5)c4)nc(-c4cc5c6ccccc6oc5c5ccc(-c6ccccc6)cc45)n3)c2)cc1. The molecule has 2 aromatic heterocycles. The van der Waals surface area contributed by atoms with Gasteiger partial charge in [-0.05, 0) is 75.2 Å². The van der Waals surface area contributed by atoms with Crippen molar-refractivity contribution in [2.45, 2.75) is 0 Å². The number of hydrogen-bond donors (Lipinski definition) is 0. The molecule has 4 heteroatoms. The lowest BCUT2D eigenvalue weighted by Crippen LogP contribution is -2.01. The molecule has 0 aliphatic carbocycles. The van der Waals surface area contributed by atoms with Gasteiger partial charge in [-0.25, -0.2) is 15.0 Å². The summed E-state index contributed by atoms with van der Waals surface area (Å²) in [5, 5.41) is 4.10. The summed E-state index contributed by atoms with van der Waals surface area (Å²) in [7, 11) is 0. The van der Waals surface area contributed by atoms with Crippen molar-refractivity contribution in [3.63, 3.8) is 0 Å². The number of aromatic nitrogens is 3. The van der Waals surface area contributed by atoms with E-state index in [1.54, 1.807) is 0 Å². The van der Waals surface area contributed by atoms with E-state index in [1.807, 2.05) is 30.3 Å². The highest BCUT2D eigenvalue weighted by atomic mass is 16.3. The minimum atomic E-state index is 0.600. The summed E-state index contributed by atoms with van der Waals surface area (Å²) in [5.41, 5.74) is 11.2. The van der Waals surface area contributed by atoms with Gasteiger partial charge in [0, 0.05) is 32.8 Å². The Bertz CT molecular complexity index is 2830. The van der Waals surface area contributed by atoms with Crippen LogP contribution >= 0.6 is 0 Å². The molecule has 8 aromatic carbocycles. The van der Waals surface area contributed by atoms with Crippen LogP contribution in [0.2, 0.25) is 0 Å². The highest BCUT2D eigenvalue weighted by Crippen LogP contribution is 2.41. The van der Waals surface area contributed by atoms with Crippen molar-refractivity contribution in [3.05, 3.63) is 188 Å². The summed E-state index contributed by atoms with van der Waals surface area (Å²) in [6.45, 7) is 0. The Kier molecular flexibility index (Phi) is 7.43. The van der Waals surface area contributed by atoms with Crippen LogP contribution < -0.4 is 0 Å². The van der Waals surface area contributed by atoms with Gasteiger partial charge in [0.1, 0.15) is 11.2 Å². The smallest absolute Gasteiger partial charge is 0.164 e. The standard InChI is InChI=1S/C49H31N3O/c1-4-14-32(15-5-1)35-20-12-22-38(28-35)47-50-48(39-23-13-21-36(29-39)33-16-6-2-7-17-33)52-49(51-47)44-31-43-40-24-10-11-25-45(40)53-46(43)41-27-26-37(30-42(41)44)34-18-8-3-9-19-34/h1-31H. The van der Waals surface area contributed by atoms with Gasteiger partial charge < -0.3 is 4.42 Å². The molecular formula is C49H31N3O. The van der Waals surface area contributed by atoms with E-state index in [9.17, 15) is 0 Å². The first kappa shape index (κ1) is 30.6. The lowest BCUT2D eigenvalue weighted by molar-refractivity contribution is 0.672. The highest BCUT2D eigenvalue weighted by molar-refractivity contribution is 6.19. The first-order valence-corrected chi connectivity index (χ1v) is 17.8. The highest BCUT2D eigenvalue weighted by Gasteiger charge is 2.20. The number of hydrogen-bond acceptors (Lipinski definition) is 4. The van der Waals surface area contributed by atoms with Crippen LogP contribution in [0, 0.1) is 0 Å². The van der Waals surface area contributed by atoms with E-state index in [0.717, 1.165) is 82.8 Å². The molecule has 0 bridgehead atoms. The first-order chi connectivity index (χ1) is 26.2. The predicted octanol–water partition coefficient (Wildman–Crippen LogP) is 12.9. The third-order valence-corrected chi connectivity index (χ3v) is 9.92. The van der Waals surface area contributed by atoms with Crippen molar-refractivity contribution in [2.24, 2.45) is 0 Å². The van der Waals surface area contributed by atoms with Crippen LogP contribution in [-0.2, 0) is 0 Å². The molecule has 248 valence electrons. The summed E-state index contributed by atoms with van der Waals surface area (Å²) in [5.74, 6) is 1.82. The van der Waals surface area contributed by atoms with Gasteiger partial charge in [-0.1, -0.05) is 152 Å². The van der Waals surface area contributed by atoms with Gasteiger partial charge in [-0.3, -0.25) is 0 Å². The van der Waals surface area contributed by atoms with Gasteiger partial charge >= 0.3 is 0 Å². The molecule has 0 aliphatic rings. The second-order valence-corrected chi connectivity index (χ2v) is 13.2. The van der Waals surface area contributed by atoms with Crippen LogP contribution in [0.4, 0.5) is 0 Å². The minimum absolute atomic E-state index is 0.600. The largest absolute Gasteiger partial charge is 0.455 e. The minimum Gasteiger partial charge on any atom is -0.455 e. The van der Waals surface area contributed by atoms with Gasteiger partial charge in [0.05, 0.1) is 0 Å². The Labute approximate surface area is 306 Å². The van der Waals surface area contributed by atoms with E-state index in [-0.39, 0.29) is 0 Å². The Morgan fingerprint density at radius 1 is 0.283 bits per heavy atom. The molecule has 10 rings (SSSR count). The molecule has 0 atom stereocenters. The Morgan fingerprint density at radius 2 is 0.755 bits per heavy atom. The number of nitrogens with zero attached hydrogens (tertiary/aromatic N) is 3. The van der Waals surface area contributed by atoms with Crippen molar-refractivity contribution in [1.82, 2.24) is 15.0 Å². The van der Waals surface area contributed by atoms with Gasteiger partial charge in [-0.15, -0.1) is 0 Å². The van der Waals surface area contributed by atoms with Crippen molar-refractivity contribution in [2.75, 3.05) is 0 Å². The maximum atomic E-state index is 6.55. The molecule has 0 spiro atoms. The van der Waals surface area contributed by atoms with Crippen LogP contribution in [0.25, 0.3) is 100 Å². The van der Waals surface area contributed by atoms with Crippen molar-refractivity contribution < 1.29 is 4.42 Å². The molecule has 0 unspecified atom stereocenters. The van der Waals surface area contributed by atoms with Crippen molar-refractivity contribution >= 4 is 32.7 Å². The summed E-state index contributed by atoms with van der Waals surface area (Å²) in [4.78, 5) is 15.7. The van der Waals surface area contributed by atoms with Crippen molar-refractivity contribution in [3.8, 4) is 67.5 Å². The third-order valence-electron chi connectivity index (χ3n) is 9.92. The fourth-order valence-electron chi connectivity index (χ4n) is 7.28. The molecule has 0 amide bonds. The normalized spacial score (nSPS) is 11.4. The quantitative estimate of drug-likeness (QED) is 0.176. The molecule has 0 aliphatic heterocycles. The molecule has 0 saturated heterocycles. The second kappa shape index (κ2) is 12.9. The van der Waals surface area contributed by atoms with E-state index >= 15 is 0 Å². The molecule has 10 aromatic rings. The third kappa shape index (κ3) is 5.63. The molecule has 0 N–H and O–H groups in total. The van der Waals surface area contributed by atoms with Gasteiger partial charge in [0.2, 0.25) is 0 Å². The average molecular weight is 678 g/mol. The van der Waals surface area contributed by atoms with Crippen LogP contribution in [-0.4, -0.2) is 15.0 Å². The zero-order valence-electron chi connectivity index (χ0n) is 28.6. The summed E-state index contributed by atoms with van der Waals surface area (Å²) < 4.78 is 6.55. The summed E-state index contributed by atoms with van der Waals surface area (Å²) >= 11 is 0. The lowest BCUT2D eigenvalue weighted by Gasteiger charge is -2.13. The monoisotopic (exact) mass is 677 g/mol. The van der Waals surface area contributed by atoms with E-state index in [2.05, 4.69) is 158 Å². The molecular weight excluding hydrogens is 647 g/mol. The van der Waals surface area contributed by atoms with Crippen molar-refractivity contribution in [1.29, 1.82) is 0 Å². The number of para-hydroxylation sites is 1. The zero-order valence-corrected chi connectivity index (χ0v) is 28.6. The number of furan rings is 1. The fourth-order valence-corrected chi connectivity index (χ4v) is 7.28. The van der Waals surface area contributed by atoms with Gasteiger partial charge in [-0.2, -0.15) is 0 Å². The molecule has 0 saturated carbocycles. The first-order valence-electron chi connectivity index (χ1n) is 17.8. The zero-order chi connectivity index (χ0) is 35.1. The van der Waals surface area contributed by atoms with Gasteiger partial charge in [0.15, 0.2) is 17.5 Å². The molecule has 4 nitrogen and oxygen atoms in total. The maximum absolute atomic E-state index is 6.55. The Balaban J connectivity index is 1.25. The maximum Gasteiger partial charge on any atom is 0.164 e. The lowest BCUT2D eigenvalue weighted by atomic mass is 9.95.